The molecule has 1 amide bonds. The Labute approximate surface area is 183 Å². The smallest absolute Gasteiger partial charge is 0.264 e. The van der Waals surface area contributed by atoms with Crippen LogP contribution >= 0.6 is 0 Å². The topological polar surface area (TPSA) is 75.7 Å². The predicted molar refractivity (Wildman–Crippen MR) is 114 cm³/mol. The Balaban J connectivity index is 1.96. The summed E-state index contributed by atoms with van der Waals surface area (Å²) in [5.41, 5.74) is 0.370. The molecule has 6 nitrogen and oxygen atoms in total. The van der Waals surface area contributed by atoms with E-state index in [1.54, 1.807) is 19.1 Å². The summed E-state index contributed by atoms with van der Waals surface area (Å²) in [6, 6.07) is 13.4. The van der Waals surface area contributed by atoms with Crippen LogP contribution < -0.4 is 14.4 Å². The Morgan fingerprint density at radius 1 is 0.938 bits per heavy atom. The number of benzene rings is 3. The summed E-state index contributed by atoms with van der Waals surface area (Å²) in [7, 11) is -2.75. The minimum absolute atomic E-state index is 0.0641. The molecule has 0 atom stereocenters. The number of methoxy groups -OCH3 is 1. The fourth-order valence-corrected chi connectivity index (χ4v) is 4.26. The monoisotopic (exact) mass is 464 g/mol. The van der Waals surface area contributed by atoms with Crippen LogP contribution in [-0.2, 0) is 14.8 Å². The van der Waals surface area contributed by atoms with E-state index >= 15 is 0 Å². The first-order chi connectivity index (χ1) is 15.1. The second kappa shape index (κ2) is 9.31. The predicted octanol–water partition coefficient (Wildman–Crippen LogP) is 4.25. The van der Waals surface area contributed by atoms with Crippen LogP contribution in [0.3, 0.4) is 0 Å². The van der Waals surface area contributed by atoms with Crippen molar-refractivity contribution in [3.8, 4) is 5.75 Å². The summed E-state index contributed by atoms with van der Waals surface area (Å²) in [5, 5.41) is 2.08. The molecule has 0 saturated carbocycles. The van der Waals surface area contributed by atoms with Crippen molar-refractivity contribution in [2.45, 2.75) is 11.8 Å². The standard InChI is InChI=1S/C22H19F3N2O4S/c1-14-3-9-17(10-4-14)32(29,30)27(15-5-7-16(31-2)8-6-15)13-20(28)26-19-12-11-18(23)21(24)22(19)25/h3-12H,13H2,1-2H3,(H,26,28). The highest BCUT2D eigenvalue weighted by atomic mass is 32.2. The first-order valence-corrected chi connectivity index (χ1v) is 10.7. The molecule has 0 saturated heterocycles. The lowest BCUT2D eigenvalue weighted by Gasteiger charge is -2.24. The molecular formula is C22H19F3N2O4S. The van der Waals surface area contributed by atoms with Gasteiger partial charge in [0.15, 0.2) is 17.5 Å². The van der Waals surface area contributed by atoms with Crippen LogP contribution in [0.15, 0.2) is 65.6 Å². The number of carbonyl (C=O) groups excluding carboxylic acids is 1. The van der Waals surface area contributed by atoms with Crippen LogP contribution in [0, 0.1) is 24.4 Å². The van der Waals surface area contributed by atoms with Crippen molar-refractivity contribution in [1.82, 2.24) is 0 Å². The van der Waals surface area contributed by atoms with E-state index in [0.717, 1.165) is 15.9 Å². The Morgan fingerprint density at radius 3 is 2.16 bits per heavy atom. The van der Waals surface area contributed by atoms with Gasteiger partial charge in [0.05, 0.1) is 23.4 Å². The number of aryl methyl sites for hydroxylation is 1. The molecule has 0 unspecified atom stereocenters. The van der Waals surface area contributed by atoms with E-state index in [1.807, 2.05) is 0 Å². The maximum atomic E-state index is 13.9. The van der Waals surface area contributed by atoms with Gasteiger partial charge in [0, 0.05) is 0 Å². The van der Waals surface area contributed by atoms with Gasteiger partial charge in [0.2, 0.25) is 5.91 Å². The molecular weight excluding hydrogens is 445 g/mol. The normalized spacial score (nSPS) is 11.2. The van der Waals surface area contributed by atoms with Crippen LogP contribution in [-0.4, -0.2) is 28.0 Å². The van der Waals surface area contributed by atoms with Gasteiger partial charge >= 0.3 is 0 Å². The summed E-state index contributed by atoms with van der Waals surface area (Å²) in [5.74, 6) is -5.24. The van der Waals surface area contributed by atoms with Crippen molar-refractivity contribution in [3.63, 3.8) is 0 Å². The zero-order chi connectivity index (χ0) is 23.5. The van der Waals surface area contributed by atoms with E-state index in [9.17, 15) is 26.4 Å². The van der Waals surface area contributed by atoms with Crippen LogP contribution in [0.25, 0.3) is 0 Å². The first-order valence-electron chi connectivity index (χ1n) is 9.30. The molecule has 168 valence electrons. The highest BCUT2D eigenvalue weighted by Gasteiger charge is 2.28. The van der Waals surface area contributed by atoms with Crippen LogP contribution in [0.4, 0.5) is 24.5 Å². The van der Waals surface area contributed by atoms with E-state index in [-0.39, 0.29) is 10.6 Å². The van der Waals surface area contributed by atoms with Gasteiger partial charge in [-0.25, -0.2) is 21.6 Å². The largest absolute Gasteiger partial charge is 0.497 e. The van der Waals surface area contributed by atoms with E-state index in [1.165, 1.54) is 43.5 Å². The van der Waals surface area contributed by atoms with Crippen LogP contribution in [0.2, 0.25) is 0 Å². The van der Waals surface area contributed by atoms with Gasteiger partial charge in [0.1, 0.15) is 12.3 Å². The quantitative estimate of drug-likeness (QED) is 0.531. The minimum Gasteiger partial charge on any atom is -0.497 e. The first kappa shape index (κ1) is 23.1. The van der Waals surface area contributed by atoms with Gasteiger partial charge in [-0.1, -0.05) is 17.7 Å². The number of carbonyl (C=O) groups is 1. The Bertz CT molecular complexity index is 1230. The molecule has 3 aromatic carbocycles. The van der Waals surface area contributed by atoms with E-state index in [2.05, 4.69) is 5.32 Å². The summed E-state index contributed by atoms with van der Waals surface area (Å²) >= 11 is 0. The second-order valence-corrected chi connectivity index (χ2v) is 8.66. The van der Waals surface area contributed by atoms with Crippen molar-refractivity contribution in [3.05, 3.63) is 83.7 Å². The maximum Gasteiger partial charge on any atom is 0.264 e. The van der Waals surface area contributed by atoms with Crippen molar-refractivity contribution in [1.29, 1.82) is 0 Å². The lowest BCUT2D eigenvalue weighted by atomic mass is 10.2. The van der Waals surface area contributed by atoms with Crippen molar-refractivity contribution in [2.75, 3.05) is 23.3 Å². The number of hydrogen-bond acceptors (Lipinski definition) is 4. The highest BCUT2D eigenvalue weighted by molar-refractivity contribution is 7.92. The molecule has 0 aliphatic carbocycles. The van der Waals surface area contributed by atoms with Crippen molar-refractivity contribution < 1.29 is 31.1 Å². The molecule has 0 fully saturated rings. The summed E-state index contributed by atoms with van der Waals surface area (Å²) in [6.07, 6.45) is 0. The number of halogens is 3. The van der Waals surface area contributed by atoms with Crippen molar-refractivity contribution in [2.24, 2.45) is 0 Å². The number of rotatable bonds is 7. The Hall–Kier alpha value is -3.53. The third-order valence-electron chi connectivity index (χ3n) is 4.57. The van der Waals surface area contributed by atoms with Crippen LogP contribution in [0.5, 0.6) is 5.75 Å². The summed E-state index contributed by atoms with van der Waals surface area (Å²) < 4.78 is 73.0. The third kappa shape index (κ3) is 4.86. The summed E-state index contributed by atoms with van der Waals surface area (Å²) in [4.78, 5) is 12.5. The lowest BCUT2D eigenvalue weighted by Crippen LogP contribution is -2.38. The Morgan fingerprint density at radius 2 is 1.56 bits per heavy atom. The molecule has 0 aromatic heterocycles. The molecule has 0 bridgehead atoms. The fraction of sp³-hybridized carbons (Fsp3) is 0.136. The SMILES string of the molecule is COc1ccc(N(CC(=O)Nc2ccc(F)c(F)c2F)S(=O)(=O)c2ccc(C)cc2)cc1. The Kier molecular flexibility index (Phi) is 6.73. The molecule has 1 N–H and O–H groups in total. The number of nitrogens with one attached hydrogen (secondary N) is 1. The van der Waals surface area contributed by atoms with Gasteiger partial charge in [-0.3, -0.25) is 9.10 Å². The number of amides is 1. The van der Waals surface area contributed by atoms with Crippen molar-refractivity contribution >= 4 is 27.3 Å². The van der Waals surface area contributed by atoms with Gasteiger partial charge in [-0.2, -0.15) is 0 Å². The van der Waals surface area contributed by atoms with Gasteiger partial charge in [-0.15, -0.1) is 0 Å². The van der Waals surface area contributed by atoms with Gasteiger partial charge < -0.3 is 10.1 Å². The third-order valence-corrected chi connectivity index (χ3v) is 6.35. The molecule has 0 spiro atoms. The number of sulfonamides is 1. The minimum atomic E-state index is -4.20. The number of ether oxygens (including phenoxy) is 1. The molecule has 3 rings (SSSR count). The van der Waals surface area contributed by atoms with E-state index < -0.39 is 45.6 Å². The number of anilines is 2. The zero-order valence-electron chi connectivity index (χ0n) is 17.1. The van der Waals surface area contributed by atoms with E-state index in [0.29, 0.717) is 11.8 Å². The average molecular weight is 464 g/mol. The zero-order valence-corrected chi connectivity index (χ0v) is 17.9. The molecule has 0 radical (unpaired) electrons. The second-order valence-electron chi connectivity index (χ2n) is 6.79. The van der Waals surface area contributed by atoms with E-state index in [4.69, 9.17) is 4.74 Å². The molecule has 0 aliphatic rings. The molecule has 0 aliphatic heterocycles. The average Bonchev–Trinajstić information content (AvgIpc) is 2.78. The van der Waals surface area contributed by atoms with Gasteiger partial charge in [0.25, 0.3) is 10.0 Å². The lowest BCUT2D eigenvalue weighted by molar-refractivity contribution is -0.114. The van der Waals surface area contributed by atoms with Crippen LogP contribution in [0.1, 0.15) is 5.56 Å². The highest BCUT2D eigenvalue weighted by Crippen LogP contribution is 2.26. The number of nitrogens with zero attached hydrogens (tertiary/aromatic N) is 1. The molecule has 0 heterocycles. The number of hydrogen-bond donors (Lipinski definition) is 1. The fourth-order valence-electron chi connectivity index (χ4n) is 2.84. The maximum absolute atomic E-state index is 13.9. The molecule has 3 aromatic rings. The molecule has 32 heavy (non-hydrogen) atoms. The summed E-state index contributed by atoms with van der Waals surface area (Å²) in [6.45, 7) is 1.04. The molecule has 10 heteroatoms. The van der Waals surface area contributed by atoms with Gasteiger partial charge in [-0.05, 0) is 55.5 Å².